The summed E-state index contributed by atoms with van der Waals surface area (Å²) in [5.41, 5.74) is 5.42. The standard InChI is InChI=1S/C17H17Cl2N5O/c1-2-15-16(19)17(21-11-20-15)23-25-10-8-13-7-9-24(22-13)14-5-3-12(18)4-6-14/h3-7,9,11H,2,8,10H2,1H3,(H,20,21,23). The van der Waals surface area contributed by atoms with Crippen molar-refractivity contribution in [3.63, 3.8) is 0 Å². The maximum absolute atomic E-state index is 6.19. The smallest absolute Gasteiger partial charge is 0.172 e. The monoisotopic (exact) mass is 377 g/mol. The zero-order chi connectivity index (χ0) is 17.6. The van der Waals surface area contributed by atoms with Gasteiger partial charge in [0, 0.05) is 17.6 Å². The third-order valence-corrected chi connectivity index (χ3v) is 4.21. The second-order valence-electron chi connectivity index (χ2n) is 5.27. The molecule has 0 bridgehead atoms. The van der Waals surface area contributed by atoms with E-state index in [4.69, 9.17) is 28.0 Å². The lowest BCUT2D eigenvalue weighted by Crippen LogP contribution is -2.08. The molecule has 130 valence electrons. The molecule has 0 aliphatic heterocycles. The van der Waals surface area contributed by atoms with Crippen molar-refractivity contribution < 1.29 is 4.84 Å². The second kappa shape index (κ2) is 8.29. The summed E-state index contributed by atoms with van der Waals surface area (Å²) in [5.74, 6) is 0.472. The Balaban J connectivity index is 1.52. The highest BCUT2D eigenvalue weighted by Crippen LogP contribution is 2.21. The molecule has 3 aromatic rings. The number of benzene rings is 1. The van der Waals surface area contributed by atoms with Crippen LogP contribution in [0.25, 0.3) is 5.69 Å². The van der Waals surface area contributed by atoms with Gasteiger partial charge in [0.1, 0.15) is 11.3 Å². The van der Waals surface area contributed by atoms with Crippen LogP contribution in [-0.4, -0.2) is 26.4 Å². The van der Waals surface area contributed by atoms with Gasteiger partial charge in [-0.05, 0) is 36.8 Å². The first-order chi connectivity index (χ1) is 12.2. The molecular formula is C17H17Cl2N5O. The van der Waals surface area contributed by atoms with Crippen LogP contribution in [-0.2, 0) is 17.7 Å². The van der Waals surface area contributed by atoms with Gasteiger partial charge in [0.05, 0.1) is 23.7 Å². The number of halogens is 2. The van der Waals surface area contributed by atoms with Gasteiger partial charge in [-0.15, -0.1) is 0 Å². The zero-order valence-corrected chi connectivity index (χ0v) is 15.1. The second-order valence-corrected chi connectivity index (χ2v) is 6.08. The Kier molecular flexibility index (Phi) is 5.86. The van der Waals surface area contributed by atoms with Crippen molar-refractivity contribution in [2.75, 3.05) is 12.1 Å². The molecule has 25 heavy (non-hydrogen) atoms. The van der Waals surface area contributed by atoms with Crippen LogP contribution in [0.3, 0.4) is 0 Å². The van der Waals surface area contributed by atoms with Gasteiger partial charge in [0.15, 0.2) is 5.82 Å². The fraction of sp³-hybridized carbons (Fsp3) is 0.235. The van der Waals surface area contributed by atoms with E-state index in [2.05, 4.69) is 20.5 Å². The van der Waals surface area contributed by atoms with Gasteiger partial charge in [0.2, 0.25) is 0 Å². The topological polar surface area (TPSA) is 64.9 Å². The number of hydrogen-bond acceptors (Lipinski definition) is 5. The molecule has 0 fully saturated rings. The van der Waals surface area contributed by atoms with Crippen molar-refractivity contribution in [1.82, 2.24) is 19.7 Å². The van der Waals surface area contributed by atoms with Crippen molar-refractivity contribution in [2.24, 2.45) is 0 Å². The Morgan fingerprint density at radius 3 is 2.68 bits per heavy atom. The van der Waals surface area contributed by atoms with E-state index in [1.165, 1.54) is 6.33 Å². The molecule has 0 saturated carbocycles. The van der Waals surface area contributed by atoms with E-state index in [9.17, 15) is 0 Å². The van der Waals surface area contributed by atoms with E-state index in [0.29, 0.717) is 28.9 Å². The number of anilines is 1. The Morgan fingerprint density at radius 2 is 1.92 bits per heavy atom. The van der Waals surface area contributed by atoms with Gasteiger partial charge < -0.3 is 0 Å². The predicted octanol–water partition coefficient (Wildman–Crippen LogP) is 4.12. The summed E-state index contributed by atoms with van der Waals surface area (Å²) in [6.07, 6.45) is 4.75. The molecule has 0 aliphatic rings. The summed E-state index contributed by atoms with van der Waals surface area (Å²) in [6, 6.07) is 9.45. The highest BCUT2D eigenvalue weighted by molar-refractivity contribution is 6.33. The number of nitrogens with one attached hydrogen (secondary N) is 1. The minimum atomic E-state index is 0.430. The summed E-state index contributed by atoms with van der Waals surface area (Å²) in [7, 11) is 0. The number of aryl methyl sites for hydroxylation is 1. The molecule has 1 N–H and O–H groups in total. The first kappa shape index (κ1) is 17.7. The van der Waals surface area contributed by atoms with E-state index in [-0.39, 0.29) is 0 Å². The van der Waals surface area contributed by atoms with E-state index >= 15 is 0 Å². The van der Waals surface area contributed by atoms with E-state index in [1.807, 2.05) is 43.5 Å². The van der Waals surface area contributed by atoms with Crippen molar-refractivity contribution in [3.8, 4) is 5.69 Å². The van der Waals surface area contributed by atoms with E-state index in [0.717, 1.165) is 23.5 Å². The van der Waals surface area contributed by atoms with Crippen LogP contribution < -0.4 is 5.48 Å². The molecule has 0 atom stereocenters. The highest BCUT2D eigenvalue weighted by Gasteiger charge is 2.08. The summed E-state index contributed by atoms with van der Waals surface area (Å²) < 4.78 is 1.80. The number of hydrogen-bond donors (Lipinski definition) is 1. The lowest BCUT2D eigenvalue weighted by Gasteiger charge is -2.08. The molecule has 0 unspecified atom stereocenters. The van der Waals surface area contributed by atoms with Crippen LogP contribution in [0, 0.1) is 0 Å². The van der Waals surface area contributed by atoms with E-state index in [1.54, 1.807) is 4.68 Å². The fourth-order valence-electron chi connectivity index (χ4n) is 2.23. The Bertz CT molecular complexity index is 835. The summed E-state index contributed by atoms with van der Waals surface area (Å²) >= 11 is 12.1. The van der Waals surface area contributed by atoms with Gasteiger partial charge in [-0.1, -0.05) is 30.1 Å². The quantitative estimate of drug-likeness (QED) is 0.495. The lowest BCUT2D eigenvalue weighted by atomic mass is 10.3. The molecular weight excluding hydrogens is 361 g/mol. The highest BCUT2D eigenvalue weighted by atomic mass is 35.5. The number of rotatable bonds is 7. The average molecular weight is 378 g/mol. The Labute approximate surface area is 155 Å². The van der Waals surface area contributed by atoms with Crippen LogP contribution >= 0.6 is 23.2 Å². The minimum Gasteiger partial charge on any atom is -0.274 e. The SMILES string of the molecule is CCc1ncnc(NOCCc2ccn(-c3ccc(Cl)cc3)n2)c1Cl. The molecule has 0 radical (unpaired) electrons. The fourth-order valence-corrected chi connectivity index (χ4v) is 2.63. The maximum Gasteiger partial charge on any atom is 0.172 e. The molecule has 0 aliphatic carbocycles. The van der Waals surface area contributed by atoms with Crippen LogP contribution in [0.1, 0.15) is 18.3 Å². The minimum absolute atomic E-state index is 0.430. The van der Waals surface area contributed by atoms with Crippen molar-refractivity contribution in [3.05, 3.63) is 64.3 Å². The van der Waals surface area contributed by atoms with Crippen molar-refractivity contribution in [2.45, 2.75) is 19.8 Å². The van der Waals surface area contributed by atoms with Crippen LogP contribution in [0.2, 0.25) is 10.0 Å². The van der Waals surface area contributed by atoms with Crippen LogP contribution in [0.5, 0.6) is 0 Å². The third-order valence-electron chi connectivity index (χ3n) is 3.56. The van der Waals surface area contributed by atoms with Gasteiger partial charge in [0.25, 0.3) is 0 Å². The summed E-state index contributed by atoms with van der Waals surface area (Å²) in [5, 5.41) is 5.70. The molecule has 0 amide bonds. The number of aromatic nitrogens is 4. The normalized spacial score (nSPS) is 10.8. The first-order valence-electron chi connectivity index (χ1n) is 7.85. The Morgan fingerprint density at radius 1 is 1.12 bits per heavy atom. The summed E-state index contributed by atoms with van der Waals surface area (Å²) in [6.45, 7) is 2.41. The van der Waals surface area contributed by atoms with Crippen LogP contribution in [0.15, 0.2) is 42.9 Å². The number of nitrogens with zero attached hydrogens (tertiary/aromatic N) is 4. The molecule has 8 heteroatoms. The average Bonchev–Trinajstić information content (AvgIpc) is 3.09. The molecule has 2 aromatic heterocycles. The zero-order valence-electron chi connectivity index (χ0n) is 13.6. The third kappa shape index (κ3) is 4.48. The van der Waals surface area contributed by atoms with E-state index < -0.39 is 0 Å². The molecule has 6 nitrogen and oxygen atoms in total. The van der Waals surface area contributed by atoms with Crippen molar-refractivity contribution >= 4 is 29.0 Å². The van der Waals surface area contributed by atoms with Gasteiger partial charge >= 0.3 is 0 Å². The molecule has 2 heterocycles. The molecule has 3 rings (SSSR count). The maximum atomic E-state index is 6.19. The molecule has 1 aromatic carbocycles. The lowest BCUT2D eigenvalue weighted by molar-refractivity contribution is 0.195. The predicted molar refractivity (Wildman–Crippen MR) is 98.3 cm³/mol. The Hall–Kier alpha value is -2.15. The molecule has 0 spiro atoms. The van der Waals surface area contributed by atoms with Gasteiger partial charge in [-0.3, -0.25) is 4.84 Å². The summed E-state index contributed by atoms with van der Waals surface area (Å²) in [4.78, 5) is 13.6. The first-order valence-corrected chi connectivity index (χ1v) is 8.60. The van der Waals surface area contributed by atoms with Gasteiger partial charge in [-0.25, -0.2) is 20.1 Å². The molecule has 0 saturated heterocycles. The van der Waals surface area contributed by atoms with Gasteiger partial charge in [-0.2, -0.15) is 5.10 Å². The van der Waals surface area contributed by atoms with Crippen molar-refractivity contribution in [1.29, 1.82) is 0 Å². The van der Waals surface area contributed by atoms with Crippen LogP contribution in [0.4, 0.5) is 5.82 Å². The largest absolute Gasteiger partial charge is 0.274 e.